The highest BCUT2D eigenvalue weighted by Gasteiger charge is 2.26. The lowest BCUT2D eigenvalue weighted by atomic mass is 9.99. The van der Waals surface area contributed by atoms with Crippen LogP contribution in [0.1, 0.15) is 26.2 Å². The first kappa shape index (κ1) is 11.4. The third-order valence-electron chi connectivity index (χ3n) is 3.53. The molecule has 0 aromatic carbocycles. The fourth-order valence-electron chi connectivity index (χ4n) is 2.52. The lowest BCUT2D eigenvalue weighted by Gasteiger charge is -2.40. The van der Waals surface area contributed by atoms with E-state index >= 15 is 0 Å². The van der Waals surface area contributed by atoms with Crippen LogP contribution >= 0.6 is 0 Å². The molecular weight excluding hydrogens is 188 g/mol. The molecule has 3 heteroatoms. The van der Waals surface area contributed by atoms with Gasteiger partial charge in [-0.1, -0.05) is 6.92 Å². The summed E-state index contributed by atoms with van der Waals surface area (Å²) in [6.07, 6.45) is 3.89. The summed E-state index contributed by atoms with van der Waals surface area (Å²) in [5.74, 6) is 0.783. The average Bonchev–Trinajstić information content (AvgIpc) is 2.17. The van der Waals surface area contributed by atoms with Crippen molar-refractivity contribution in [3.63, 3.8) is 0 Å². The summed E-state index contributed by atoms with van der Waals surface area (Å²) in [6, 6.07) is 0.798. The Morgan fingerprint density at radius 1 is 1.40 bits per heavy atom. The molecule has 0 saturated carbocycles. The minimum Gasteiger partial charge on any atom is -0.381 e. The van der Waals surface area contributed by atoms with Gasteiger partial charge in [0.15, 0.2) is 0 Å². The molecular formula is C12H24N2O. The van der Waals surface area contributed by atoms with Crippen molar-refractivity contribution in [1.29, 1.82) is 0 Å². The summed E-state index contributed by atoms with van der Waals surface area (Å²) in [4.78, 5) is 2.66. The second kappa shape index (κ2) is 5.83. The Morgan fingerprint density at radius 3 is 2.80 bits per heavy atom. The highest BCUT2D eigenvalue weighted by atomic mass is 16.5. The molecule has 2 heterocycles. The van der Waals surface area contributed by atoms with Gasteiger partial charge in [0.25, 0.3) is 0 Å². The standard InChI is InChI=1S/C12H24N2O/c1-2-5-14(12-7-13-8-12)9-11-4-3-6-15-10-11/h11-13H,2-10H2,1H3. The van der Waals surface area contributed by atoms with Crippen LogP contribution in [-0.2, 0) is 4.74 Å². The second-order valence-electron chi connectivity index (χ2n) is 4.89. The molecule has 0 spiro atoms. The van der Waals surface area contributed by atoms with Gasteiger partial charge in [0, 0.05) is 32.3 Å². The van der Waals surface area contributed by atoms with Gasteiger partial charge in [0.1, 0.15) is 0 Å². The lowest BCUT2D eigenvalue weighted by molar-refractivity contribution is 0.0249. The molecule has 2 saturated heterocycles. The maximum Gasteiger partial charge on any atom is 0.0506 e. The number of nitrogens with one attached hydrogen (secondary N) is 1. The molecule has 0 aromatic heterocycles. The van der Waals surface area contributed by atoms with E-state index in [-0.39, 0.29) is 0 Å². The normalized spacial score (nSPS) is 28.0. The van der Waals surface area contributed by atoms with E-state index < -0.39 is 0 Å². The summed E-state index contributed by atoms with van der Waals surface area (Å²) < 4.78 is 5.55. The van der Waals surface area contributed by atoms with Gasteiger partial charge >= 0.3 is 0 Å². The predicted octanol–water partition coefficient (Wildman–Crippen LogP) is 1.10. The van der Waals surface area contributed by atoms with E-state index in [1.54, 1.807) is 0 Å². The van der Waals surface area contributed by atoms with Crippen molar-refractivity contribution in [2.45, 2.75) is 32.2 Å². The van der Waals surface area contributed by atoms with Gasteiger partial charge in [-0.05, 0) is 31.7 Å². The molecule has 0 radical (unpaired) electrons. The molecule has 0 aliphatic carbocycles. The first-order valence-corrected chi connectivity index (χ1v) is 6.42. The second-order valence-corrected chi connectivity index (χ2v) is 4.89. The summed E-state index contributed by atoms with van der Waals surface area (Å²) in [5.41, 5.74) is 0. The molecule has 0 bridgehead atoms. The lowest BCUT2D eigenvalue weighted by Crippen LogP contribution is -2.58. The Balaban J connectivity index is 1.76. The fourth-order valence-corrected chi connectivity index (χ4v) is 2.52. The molecule has 2 rings (SSSR count). The Hall–Kier alpha value is -0.120. The minimum absolute atomic E-state index is 0.783. The van der Waals surface area contributed by atoms with Gasteiger partial charge < -0.3 is 10.1 Å². The topological polar surface area (TPSA) is 24.5 Å². The van der Waals surface area contributed by atoms with Crippen LogP contribution in [0, 0.1) is 5.92 Å². The molecule has 1 atom stereocenters. The van der Waals surface area contributed by atoms with E-state index in [1.165, 1.54) is 45.4 Å². The molecule has 15 heavy (non-hydrogen) atoms. The van der Waals surface area contributed by atoms with E-state index in [4.69, 9.17) is 4.74 Å². The quantitative estimate of drug-likeness (QED) is 0.738. The predicted molar refractivity (Wildman–Crippen MR) is 62.1 cm³/mol. The minimum atomic E-state index is 0.783. The van der Waals surface area contributed by atoms with E-state index in [0.29, 0.717) is 0 Å². The molecule has 2 aliphatic heterocycles. The van der Waals surface area contributed by atoms with Crippen LogP contribution in [0.25, 0.3) is 0 Å². The highest BCUT2D eigenvalue weighted by molar-refractivity contribution is 4.85. The zero-order chi connectivity index (χ0) is 10.5. The highest BCUT2D eigenvalue weighted by Crippen LogP contribution is 2.17. The first-order valence-electron chi connectivity index (χ1n) is 6.42. The van der Waals surface area contributed by atoms with Crippen molar-refractivity contribution >= 4 is 0 Å². The van der Waals surface area contributed by atoms with Gasteiger partial charge in [-0.25, -0.2) is 0 Å². The zero-order valence-electron chi connectivity index (χ0n) is 9.87. The third-order valence-corrected chi connectivity index (χ3v) is 3.53. The number of hydrogen-bond acceptors (Lipinski definition) is 3. The van der Waals surface area contributed by atoms with Crippen molar-refractivity contribution < 1.29 is 4.74 Å². The Labute approximate surface area is 93.2 Å². The van der Waals surface area contributed by atoms with E-state index in [1.807, 2.05) is 0 Å². The molecule has 88 valence electrons. The largest absolute Gasteiger partial charge is 0.381 e. The van der Waals surface area contributed by atoms with Gasteiger partial charge in [-0.2, -0.15) is 0 Å². The monoisotopic (exact) mass is 212 g/mol. The van der Waals surface area contributed by atoms with Gasteiger partial charge in [-0.3, -0.25) is 4.90 Å². The van der Waals surface area contributed by atoms with E-state index in [2.05, 4.69) is 17.1 Å². The maximum absolute atomic E-state index is 5.55. The Bertz CT molecular complexity index is 176. The summed E-state index contributed by atoms with van der Waals surface area (Å²) in [5, 5.41) is 3.36. The Kier molecular flexibility index (Phi) is 4.42. The molecule has 2 fully saturated rings. The molecule has 2 aliphatic rings. The van der Waals surface area contributed by atoms with E-state index in [9.17, 15) is 0 Å². The molecule has 1 unspecified atom stereocenters. The summed E-state index contributed by atoms with van der Waals surface area (Å²) >= 11 is 0. The van der Waals surface area contributed by atoms with Crippen molar-refractivity contribution in [1.82, 2.24) is 10.2 Å². The van der Waals surface area contributed by atoms with Crippen LogP contribution in [0.2, 0.25) is 0 Å². The number of nitrogens with zero attached hydrogens (tertiary/aromatic N) is 1. The van der Waals surface area contributed by atoms with E-state index in [0.717, 1.165) is 25.2 Å². The number of hydrogen-bond donors (Lipinski definition) is 1. The van der Waals surface area contributed by atoms with Crippen molar-refractivity contribution in [3.05, 3.63) is 0 Å². The Morgan fingerprint density at radius 2 is 2.27 bits per heavy atom. The van der Waals surface area contributed by atoms with Crippen molar-refractivity contribution in [2.75, 3.05) is 39.4 Å². The van der Waals surface area contributed by atoms with Crippen LogP contribution in [-0.4, -0.2) is 50.3 Å². The average molecular weight is 212 g/mol. The third kappa shape index (κ3) is 3.16. The van der Waals surface area contributed by atoms with Crippen LogP contribution in [0.15, 0.2) is 0 Å². The van der Waals surface area contributed by atoms with Gasteiger partial charge in [0.05, 0.1) is 6.61 Å². The first-order chi connectivity index (χ1) is 7.40. The molecule has 0 aromatic rings. The molecule has 1 N–H and O–H groups in total. The van der Waals surface area contributed by atoms with Crippen LogP contribution < -0.4 is 5.32 Å². The van der Waals surface area contributed by atoms with Crippen LogP contribution in [0.5, 0.6) is 0 Å². The van der Waals surface area contributed by atoms with Crippen molar-refractivity contribution in [3.8, 4) is 0 Å². The summed E-state index contributed by atoms with van der Waals surface area (Å²) in [6.45, 7) is 9.12. The van der Waals surface area contributed by atoms with Crippen LogP contribution in [0.3, 0.4) is 0 Å². The molecule has 0 amide bonds. The van der Waals surface area contributed by atoms with Gasteiger partial charge in [-0.15, -0.1) is 0 Å². The number of ether oxygens (including phenoxy) is 1. The smallest absolute Gasteiger partial charge is 0.0506 e. The fraction of sp³-hybridized carbons (Fsp3) is 1.00. The van der Waals surface area contributed by atoms with Gasteiger partial charge in [0.2, 0.25) is 0 Å². The SMILES string of the molecule is CCCN(CC1CCCOC1)C1CNC1. The zero-order valence-corrected chi connectivity index (χ0v) is 9.87. The van der Waals surface area contributed by atoms with Crippen molar-refractivity contribution in [2.24, 2.45) is 5.92 Å². The number of rotatable bonds is 5. The summed E-state index contributed by atoms with van der Waals surface area (Å²) in [7, 11) is 0. The van der Waals surface area contributed by atoms with Crippen LogP contribution in [0.4, 0.5) is 0 Å². The molecule has 3 nitrogen and oxygen atoms in total. The maximum atomic E-state index is 5.55.